The molecule has 2 aromatic rings. The lowest BCUT2D eigenvalue weighted by atomic mass is 10.1. The second-order valence-electron chi connectivity index (χ2n) is 5.00. The van der Waals surface area contributed by atoms with Crippen molar-refractivity contribution in [1.29, 1.82) is 0 Å². The molecule has 0 radical (unpaired) electrons. The Morgan fingerprint density at radius 1 is 1.38 bits per heavy atom. The number of benzene rings is 1. The minimum atomic E-state index is -0.00804. The molecular formula is C16H21N3O2. The molecule has 2 N–H and O–H groups in total. The number of nitrogens with one attached hydrogen (secondary N) is 2. The Bertz CT molecular complexity index is 579. The summed E-state index contributed by atoms with van der Waals surface area (Å²) in [6.45, 7) is 5.02. The lowest BCUT2D eigenvalue weighted by Crippen LogP contribution is -2.27. The third-order valence-corrected chi connectivity index (χ3v) is 3.16. The molecule has 1 aromatic heterocycles. The van der Waals surface area contributed by atoms with Crippen molar-refractivity contribution in [3.05, 3.63) is 47.5 Å². The molecule has 0 aliphatic heterocycles. The summed E-state index contributed by atoms with van der Waals surface area (Å²) < 4.78 is 5.64. The number of aromatic nitrogens is 2. The Morgan fingerprint density at radius 3 is 2.95 bits per heavy atom. The maximum atomic E-state index is 11.7. The Hall–Kier alpha value is -2.30. The van der Waals surface area contributed by atoms with Gasteiger partial charge in [-0.1, -0.05) is 17.7 Å². The van der Waals surface area contributed by atoms with Gasteiger partial charge in [-0.15, -0.1) is 0 Å². The van der Waals surface area contributed by atoms with Crippen LogP contribution in [-0.4, -0.2) is 29.0 Å². The van der Waals surface area contributed by atoms with Gasteiger partial charge in [-0.05, 0) is 25.5 Å². The van der Waals surface area contributed by atoms with Crippen molar-refractivity contribution in [2.45, 2.75) is 26.7 Å². The van der Waals surface area contributed by atoms with E-state index < -0.39 is 0 Å². The van der Waals surface area contributed by atoms with Gasteiger partial charge in [0.1, 0.15) is 11.6 Å². The SMILES string of the molecule is Cc1ccc(OCCC(=O)NCCc2ncc[nH]2)c(C)c1. The first kappa shape index (κ1) is 15.1. The minimum Gasteiger partial charge on any atom is -0.493 e. The third kappa shape index (κ3) is 4.95. The first-order valence-corrected chi connectivity index (χ1v) is 7.10. The largest absolute Gasteiger partial charge is 0.493 e. The summed E-state index contributed by atoms with van der Waals surface area (Å²) in [6, 6.07) is 6.02. The fourth-order valence-corrected chi connectivity index (χ4v) is 2.06. The molecule has 0 atom stereocenters. The van der Waals surface area contributed by atoms with Crippen LogP contribution < -0.4 is 10.1 Å². The molecule has 2 rings (SSSR count). The summed E-state index contributed by atoms with van der Waals surface area (Å²) in [6.07, 6.45) is 4.53. The summed E-state index contributed by atoms with van der Waals surface area (Å²) in [4.78, 5) is 18.8. The standard InChI is InChI=1S/C16H21N3O2/c1-12-3-4-14(13(2)11-12)21-10-6-16(20)19-7-5-15-17-8-9-18-15/h3-4,8-9,11H,5-7,10H2,1-2H3,(H,17,18)(H,19,20). The van der Waals surface area contributed by atoms with Crippen molar-refractivity contribution < 1.29 is 9.53 Å². The third-order valence-electron chi connectivity index (χ3n) is 3.16. The predicted octanol–water partition coefficient (Wildman–Crippen LogP) is 2.15. The van der Waals surface area contributed by atoms with Crippen molar-refractivity contribution in [3.63, 3.8) is 0 Å². The normalized spacial score (nSPS) is 10.4. The molecule has 1 aromatic carbocycles. The maximum absolute atomic E-state index is 11.7. The van der Waals surface area contributed by atoms with Crippen molar-refractivity contribution in [1.82, 2.24) is 15.3 Å². The summed E-state index contributed by atoms with van der Waals surface area (Å²) in [5.41, 5.74) is 2.30. The van der Waals surface area contributed by atoms with Crippen LogP contribution in [0.4, 0.5) is 0 Å². The van der Waals surface area contributed by atoms with Crippen LogP contribution in [0.2, 0.25) is 0 Å². The summed E-state index contributed by atoms with van der Waals surface area (Å²) in [5, 5.41) is 2.85. The molecule has 0 bridgehead atoms. The van der Waals surface area contributed by atoms with Crippen molar-refractivity contribution >= 4 is 5.91 Å². The smallest absolute Gasteiger partial charge is 0.223 e. The van der Waals surface area contributed by atoms with Crippen LogP contribution in [0.15, 0.2) is 30.6 Å². The number of hydrogen-bond donors (Lipinski definition) is 2. The zero-order valence-electron chi connectivity index (χ0n) is 12.5. The fraction of sp³-hybridized carbons (Fsp3) is 0.375. The molecule has 0 unspecified atom stereocenters. The van der Waals surface area contributed by atoms with Gasteiger partial charge in [0.2, 0.25) is 5.91 Å². The van der Waals surface area contributed by atoms with Crippen molar-refractivity contribution in [3.8, 4) is 5.75 Å². The number of aromatic amines is 1. The van der Waals surface area contributed by atoms with Crippen molar-refractivity contribution in [2.75, 3.05) is 13.2 Å². The summed E-state index contributed by atoms with van der Waals surface area (Å²) in [7, 11) is 0. The zero-order valence-corrected chi connectivity index (χ0v) is 12.5. The molecule has 0 saturated carbocycles. The van der Waals surface area contributed by atoms with Gasteiger partial charge in [-0.3, -0.25) is 4.79 Å². The first-order chi connectivity index (χ1) is 10.1. The second kappa shape index (κ2) is 7.47. The van der Waals surface area contributed by atoms with E-state index in [2.05, 4.69) is 21.4 Å². The molecule has 1 amide bonds. The van der Waals surface area contributed by atoms with Crippen LogP contribution in [0.25, 0.3) is 0 Å². The zero-order chi connectivity index (χ0) is 15.1. The Kier molecular flexibility index (Phi) is 5.37. The number of H-pyrrole nitrogens is 1. The molecule has 21 heavy (non-hydrogen) atoms. The van der Waals surface area contributed by atoms with E-state index in [0.29, 0.717) is 26.0 Å². The van der Waals surface area contributed by atoms with E-state index in [4.69, 9.17) is 4.74 Å². The number of carbonyl (C=O) groups is 1. The Balaban J connectivity index is 1.64. The highest BCUT2D eigenvalue weighted by Gasteiger charge is 2.04. The number of carbonyl (C=O) groups excluding carboxylic acids is 1. The number of nitrogens with zero attached hydrogens (tertiary/aromatic N) is 1. The predicted molar refractivity (Wildman–Crippen MR) is 81.3 cm³/mol. The number of amides is 1. The average molecular weight is 287 g/mol. The number of rotatable bonds is 7. The maximum Gasteiger partial charge on any atom is 0.223 e. The van der Waals surface area contributed by atoms with Crippen LogP contribution >= 0.6 is 0 Å². The van der Waals surface area contributed by atoms with Gasteiger partial charge in [0.15, 0.2) is 0 Å². The van der Waals surface area contributed by atoms with E-state index >= 15 is 0 Å². The molecule has 0 aliphatic carbocycles. The lowest BCUT2D eigenvalue weighted by Gasteiger charge is -2.09. The highest BCUT2D eigenvalue weighted by atomic mass is 16.5. The Labute approximate surface area is 124 Å². The number of imidazole rings is 1. The number of ether oxygens (including phenoxy) is 1. The van der Waals surface area contributed by atoms with E-state index in [1.807, 2.05) is 26.0 Å². The van der Waals surface area contributed by atoms with Gasteiger partial charge < -0.3 is 15.0 Å². The van der Waals surface area contributed by atoms with Crippen LogP contribution in [0.1, 0.15) is 23.4 Å². The van der Waals surface area contributed by atoms with Gasteiger partial charge in [0.05, 0.1) is 13.0 Å². The van der Waals surface area contributed by atoms with Gasteiger partial charge in [-0.2, -0.15) is 0 Å². The average Bonchev–Trinajstić information content (AvgIpc) is 2.94. The number of aryl methyl sites for hydroxylation is 2. The lowest BCUT2D eigenvalue weighted by molar-refractivity contribution is -0.121. The van der Waals surface area contributed by atoms with Crippen LogP contribution in [-0.2, 0) is 11.2 Å². The molecule has 112 valence electrons. The summed E-state index contributed by atoms with van der Waals surface area (Å²) in [5.74, 6) is 1.71. The second-order valence-corrected chi connectivity index (χ2v) is 5.00. The topological polar surface area (TPSA) is 67.0 Å². The van der Waals surface area contributed by atoms with Crippen molar-refractivity contribution in [2.24, 2.45) is 0 Å². The van der Waals surface area contributed by atoms with Crippen LogP contribution in [0, 0.1) is 13.8 Å². The fourth-order valence-electron chi connectivity index (χ4n) is 2.06. The van der Waals surface area contributed by atoms with Crippen LogP contribution in [0.5, 0.6) is 5.75 Å². The molecule has 1 heterocycles. The quantitative estimate of drug-likeness (QED) is 0.820. The summed E-state index contributed by atoms with van der Waals surface area (Å²) >= 11 is 0. The van der Waals surface area contributed by atoms with Gasteiger partial charge in [0, 0.05) is 25.4 Å². The highest BCUT2D eigenvalue weighted by Crippen LogP contribution is 2.18. The molecule has 5 nitrogen and oxygen atoms in total. The van der Waals surface area contributed by atoms with E-state index in [0.717, 1.165) is 17.1 Å². The monoisotopic (exact) mass is 287 g/mol. The van der Waals surface area contributed by atoms with Gasteiger partial charge in [0.25, 0.3) is 0 Å². The molecule has 0 aliphatic rings. The minimum absolute atomic E-state index is 0.00804. The molecule has 5 heteroatoms. The first-order valence-electron chi connectivity index (χ1n) is 7.10. The molecular weight excluding hydrogens is 266 g/mol. The molecule has 0 fully saturated rings. The number of hydrogen-bond acceptors (Lipinski definition) is 3. The van der Waals surface area contributed by atoms with E-state index in [-0.39, 0.29) is 5.91 Å². The molecule has 0 spiro atoms. The van der Waals surface area contributed by atoms with E-state index in [1.54, 1.807) is 12.4 Å². The van der Waals surface area contributed by atoms with Crippen LogP contribution in [0.3, 0.4) is 0 Å². The van der Waals surface area contributed by atoms with E-state index in [1.165, 1.54) is 5.56 Å². The Morgan fingerprint density at radius 2 is 2.24 bits per heavy atom. The molecule has 0 saturated heterocycles. The van der Waals surface area contributed by atoms with Gasteiger partial charge >= 0.3 is 0 Å². The van der Waals surface area contributed by atoms with Gasteiger partial charge in [-0.25, -0.2) is 4.98 Å². The van der Waals surface area contributed by atoms with E-state index in [9.17, 15) is 4.79 Å². The highest BCUT2D eigenvalue weighted by molar-refractivity contribution is 5.75.